The lowest BCUT2D eigenvalue weighted by atomic mass is 10.1. The van der Waals surface area contributed by atoms with Crippen LogP contribution in [0.5, 0.6) is 0 Å². The van der Waals surface area contributed by atoms with Crippen molar-refractivity contribution in [3.8, 4) is 0 Å². The van der Waals surface area contributed by atoms with Crippen LogP contribution in [0.3, 0.4) is 0 Å². The van der Waals surface area contributed by atoms with Gasteiger partial charge in [-0.05, 0) is 41.5 Å². The molecule has 0 aliphatic rings. The van der Waals surface area contributed by atoms with Crippen LogP contribution in [0.4, 0.5) is 5.82 Å². The van der Waals surface area contributed by atoms with E-state index >= 15 is 0 Å². The molecule has 0 aromatic carbocycles. The maximum atomic E-state index is 13.5. The lowest BCUT2D eigenvalue weighted by Crippen LogP contribution is -2.46. The maximum Gasteiger partial charge on any atom is 0.335 e. The van der Waals surface area contributed by atoms with Gasteiger partial charge in [-0.2, -0.15) is 0 Å². The number of carbonyl (C=O) groups excluding carboxylic acids is 1. The van der Waals surface area contributed by atoms with Gasteiger partial charge < -0.3 is 29.4 Å². The Hall–Kier alpha value is -2.60. The minimum atomic E-state index is -3.97. The first kappa shape index (κ1) is 26.7. The van der Waals surface area contributed by atoms with Crippen molar-refractivity contribution in [3.63, 3.8) is 0 Å². The Labute approximate surface area is 191 Å². The summed E-state index contributed by atoms with van der Waals surface area (Å²) >= 11 is 0. The van der Waals surface area contributed by atoms with Gasteiger partial charge in [0.15, 0.2) is 17.6 Å². The topological polar surface area (TPSA) is 181 Å². The SMILES string of the molecule is CC(C)OC(=O)[C@H](C)OP(=O)(CO[C@H](C)Cn1cnc2c(N)ncnc21)NC(C)(C)C(=O)O. The summed E-state index contributed by atoms with van der Waals surface area (Å²) in [5.74, 6) is -1.73. The van der Waals surface area contributed by atoms with Crippen LogP contribution in [0.25, 0.3) is 11.2 Å². The molecule has 0 radical (unpaired) electrons. The summed E-state index contributed by atoms with van der Waals surface area (Å²) in [4.78, 5) is 35.9. The van der Waals surface area contributed by atoms with E-state index in [0.717, 1.165) is 0 Å². The Morgan fingerprint density at radius 3 is 2.52 bits per heavy atom. The molecule has 0 amide bonds. The molecule has 4 N–H and O–H groups in total. The molecule has 0 aliphatic heterocycles. The van der Waals surface area contributed by atoms with Gasteiger partial charge in [-0.3, -0.25) is 9.36 Å². The van der Waals surface area contributed by atoms with E-state index in [1.54, 1.807) is 25.3 Å². The maximum absolute atomic E-state index is 13.5. The number of esters is 1. The summed E-state index contributed by atoms with van der Waals surface area (Å²) in [6, 6.07) is 0. The average Bonchev–Trinajstić information content (AvgIpc) is 3.09. The van der Waals surface area contributed by atoms with Crippen molar-refractivity contribution in [2.24, 2.45) is 0 Å². The third-order valence-electron chi connectivity index (χ3n) is 4.41. The van der Waals surface area contributed by atoms with Crippen LogP contribution < -0.4 is 10.8 Å². The first-order valence-electron chi connectivity index (χ1n) is 10.3. The third kappa shape index (κ3) is 7.19. The van der Waals surface area contributed by atoms with Gasteiger partial charge in [0, 0.05) is 0 Å². The number of hydrogen-bond acceptors (Lipinski definition) is 10. The molecule has 0 saturated heterocycles. The minimum absolute atomic E-state index is 0.243. The highest BCUT2D eigenvalue weighted by Gasteiger charge is 2.39. The van der Waals surface area contributed by atoms with Crippen molar-refractivity contribution in [1.29, 1.82) is 0 Å². The molecule has 13 nitrogen and oxygen atoms in total. The number of ether oxygens (including phenoxy) is 2. The fraction of sp³-hybridized carbons (Fsp3) is 0.632. The fourth-order valence-electron chi connectivity index (χ4n) is 2.78. The number of aromatic nitrogens is 4. The lowest BCUT2D eigenvalue weighted by molar-refractivity contribution is -0.155. The Morgan fingerprint density at radius 1 is 1.24 bits per heavy atom. The molecule has 0 fully saturated rings. The van der Waals surface area contributed by atoms with Gasteiger partial charge in [0.25, 0.3) is 7.52 Å². The van der Waals surface area contributed by atoms with Gasteiger partial charge in [-0.1, -0.05) is 0 Å². The van der Waals surface area contributed by atoms with Crippen LogP contribution >= 0.6 is 7.52 Å². The highest BCUT2D eigenvalue weighted by Crippen LogP contribution is 2.46. The van der Waals surface area contributed by atoms with Crippen molar-refractivity contribution in [2.45, 2.75) is 71.9 Å². The number of hydrogen-bond donors (Lipinski definition) is 3. The van der Waals surface area contributed by atoms with Crippen molar-refractivity contribution >= 4 is 36.4 Å². The zero-order valence-electron chi connectivity index (χ0n) is 19.5. The van der Waals surface area contributed by atoms with Crippen LogP contribution in [-0.2, 0) is 34.7 Å². The van der Waals surface area contributed by atoms with Crippen molar-refractivity contribution in [1.82, 2.24) is 24.6 Å². The van der Waals surface area contributed by atoms with Crippen LogP contribution in [0, 0.1) is 0 Å². The molecule has 2 aromatic rings. The summed E-state index contributed by atoms with van der Waals surface area (Å²) < 4.78 is 31.5. The number of anilines is 1. The highest BCUT2D eigenvalue weighted by molar-refractivity contribution is 7.56. The second-order valence-electron chi connectivity index (χ2n) is 8.38. The van der Waals surface area contributed by atoms with E-state index in [4.69, 9.17) is 19.7 Å². The highest BCUT2D eigenvalue weighted by atomic mass is 31.2. The normalized spacial score (nSPS) is 15.8. The van der Waals surface area contributed by atoms with Gasteiger partial charge in [-0.15, -0.1) is 0 Å². The second kappa shape index (κ2) is 10.6. The number of fused-ring (bicyclic) bond motifs is 1. The molecule has 0 aliphatic carbocycles. The van der Waals surface area contributed by atoms with Gasteiger partial charge in [0.05, 0.1) is 25.1 Å². The molecule has 0 spiro atoms. The Kier molecular flexibility index (Phi) is 8.52. The van der Waals surface area contributed by atoms with Crippen molar-refractivity contribution < 1.29 is 33.3 Å². The number of nitrogens with one attached hydrogen (secondary N) is 1. The first-order valence-corrected chi connectivity index (χ1v) is 12.1. The number of imidazole rings is 1. The molecule has 14 heteroatoms. The molecule has 2 aromatic heterocycles. The number of carboxylic acid groups (broad SMARTS) is 1. The van der Waals surface area contributed by atoms with Gasteiger partial charge in [0.1, 0.15) is 23.7 Å². The van der Waals surface area contributed by atoms with Gasteiger partial charge in [-0.25, -0.2) is 24.8 Å². The van der Waals surface area contributed by atoms with E-state index < -0.39 is 49.7 Å². The minimum Gasteiger partial charge on any atom is -0.480 e. The molecule has 2 heterocycles. The number of nitrogens with two attached hydrogens (primary N) is 1. The monoisotopic (exact) mass is 486 g/mol. The molecule has 1 unspecified atom stereocenters. The number of nitrogens with zero attached hydrogens (tertiary/aromatic N) is 4. The van der Waals surface area contributed by atoms with E-state index in [1.165, 1.54) is 33.4 Å². The predicted octanol–water partition coefficient (Wildman–Crippen LogP) is 1.77. The lowest BCUT2D eigenvalue weighted by Gasteiger charge is -2.30. The Balaban J connectivity index is 2.14. The molecule has 184 valence electrons. The third-order valence-corrected chi connectivity index (χ3v) is 6.45. The van der Waals surface area contributed by atoms with Gasteiger partial charge >= 0.3 is 11.9 Å². The predicted molar refractivity (Wildman–Crippen MR) is 119 cm³/mol. The molecular formula is C19H31N6O7P. The number of aliphatic carboxylic acids is 1. The average molecular weight is 486 g/mol. The van der Waals surface area contributed by atoms with E-state index in [-0.39, 0.29) is 12.4 Å². The van der Waals surface area contributed by atoms with E-state index in [2.05, 4.69) is 20.0 Å². The molecule has 0 saturated carbocycles. The first-order chi connectivity index (χ1) is 15.2. The Bertz CT molecular complexity index is 1040. The van der Waals surface area contributed by atoms with Crippen LogP contribution in [0.1, 0.15) is 41.5 Å². The van der Waals surface area contributed by atoms with E-state index in [9.17, 15) is 19.3 Å². The fourth-order valence-corrected chi connectivity index (χ4v) is 4.95. The standard InChI is InChI=1S/C19H31N6O7P/c1-11(2)31-17(26)13(4)32-33(29,24-19(5,6)18(27)28)10-30-12(3)7-25-9-23-14-15(20)21-8-22-16(14)25/h8-9,11-13H,7,10H2,1-6H3,(H,24,29)(H,27,28)(H2,20,21,22)/t12-,13+,33?/m1/s1. The quantitative estimate of drug-likeness (QED) is 0.293. The largest absolute Gasteiger partial charge is 0.480 e. The summed E-state index contributed by atoms with van der Waals surface area (Å²) in [6.45, 7) is 9.36. The summed E-state index contributed by atoms with van der Waals surface area (Å²) in [5.41, 5.74) is 5.13. The smallest absolute Gasteiger partial charge is 0.335 e. The van der Waals surface area contributed by atoms with Crippen LogP contribution in [0.2, 0.25) is 0 Å². The summed E-state index contributed by atoms with van der Waals surface area (Å²) in [7, 11) is -3.97. The number of nitrogen functional groups attached to an aromatic ring is 1. The zero-order chi connectivity index (χ0) is 25.0. The Morgan fingerprint density at radius 2 is 1.91 bits per heavy atom. The molecule has 33 heavy (non-hydrogen) atoms. The van der Waals surface area contributed by atoms with Gasteiger partial charge in [0.2, 0.25) is 0 Å². The van der Waals surface area contributed by atoms with E-state index in [1.807, 2.05) is 0 Å². The number of rotatable bonds is 12. The molecule has 2 rings (SSSR count). The summed E-state index contributed by atoms with van der Waals surface area (Å²) in [6.07, 6.45) is 0.231. The van der Waals surface area contributed by atoms with Crippen LogP contribution in [-0.4, -0.2) is 66.8 Å². The zero-order valence-corrected chi connectivity index (χ0v) is 20.4. The van der Waals surface area contributed by atoms with Crippen LogP contribution in [0.15, 0.2) is 12.7 Å². The molecule has 0 bridgehead atoms. The molecular weight excluding hydrogens is 455 g/mol. The van der Waals surface area contributed by atoms with Crippen molar-refractivity contribution in [2.75, 3.05) is 12.1 Å². The second-order valence-corrected chi connectivity index (χ2v) is 10.4. The number of carboxylic acids is 1. The number of carbonyl (C=O) groups is 2. The van der Waals surface area contributed by atoms with E-state index in [0.29, 0.717) is 11.2 Å². The van der Waals surface area contributed by atoms with Crippen molar-refractivity contribution in [3.05, 3.63) is 12.7 Å². The molecule has 3 atom stereocenters. The summed E-state index contributed by atoms with van der Waals surface area (Å²) in [5, 5.41) is 11.9.